The van der Waals surface area contributed by atoms with Crippen LogP contribution in [0.4, 0.5) is 17.3 Å². The average Bonchev–Trinajstić information content (AvgIpc) is 2.84. The van der Waals surface area contributed by atoms with Crippen LogP contribution in [0.25, 0.3) is 11.0 Å². The lowest BCUT2D eigenvalue weighted by Gasteiger charge is -2.34. The zero-order valence-electron chi connectivity index (χ0n) is 18.8. The van der Waals surface area contributed by atoms with E-state index in [4.69, 9.17) is 11.6 Å². The molecule has 0 spiro atoms. The molecule has 2 N–H and O–H groups in total. The van der Waals surface area contributed by atoms with Gasteiger partial charge in [0.1, 0.15) is 11.4 Å². The Kier molecular flexibility index (Phi) is 6.08. The second-order valence-corrected chi connectivity index (χ2v) is 8.84. The standard InChI is InChI=1S/C25H25ClN6O2/c1-30-11-13-31(14-12-30)19-8-6-18(7-9-19)28-25-27-15-17-5-10-23(34)32(24(17)29-25)16-20-21(26)3-2-4-22(20)33/h2-10,15,33H,11-14,16H2,1H3,(H,27,28,29). The molecule has 3 heterocycles. The van der Waals surface area contributed by atoms with E-state index < -0.39 is 0 Å². The number of benzene rings is 2. The molecule has 8 nitrogen and oxygen atoms in total. The molecule has 1 fully saturated rings. The van der Waals surface area contributed by atoms with Gasteiger partial charge < -0.3 is 20.2 Å². The number of pyridine rings is 1. The monoisotopic (exact) mass is 476 g/mol. The quantitative estimate of drug-likeness (QED) is 0.454. The predicted octanol–water partition coefficient (Wildman–Crippen LogP) is 3.69. The number of halogens is 1. The van der Waals surface area contributed by atoms with Gasteiger partial charge in [0, 0.05) is 65.8 Å². The first-order valence-electron chi connectivity index (χ1n) is 11.1. The Morgan fingerprint density at radius 1 is 1.03 bits per heavy atom. The first-order chi connectivity index (χ1) is 16.5. The van der Waals surface area contributed by atoms with Gasteiger partial charge in [-0.05, 0) is 49.5 Å². The van der Waals surface area contributed by atoms with Crippen molar-refractivity contribution in [2.24, 2.45) is 0 Å². The van der Waals surface area contributed by atoms with E-state index in [0.717, 1.165) is 31.9 Å². The Bertz CT molecular complexity index is 1360. The summed E-state index contributed by atoms with van der Waals surface area (Å²) < 4.78 is 1.49. The van der Waals surface area contributed by atoms with E-state index in [9.17, 15) is 9.90 Å². The second-order valence-electron chi connectivity index (χ2n) is 8.43. The molecule has 1 saturated heterocycles. The van der Waals surface area contributed by atoms with Gasteiger partial charge in [0.15, 0.2) is 0 Å². The van der Waals surface area contributed by atoms with Gasteiger partial charge in [-0.1, -0.05) is 17.7 Å². The zero-order chi connectivity index (χ0) is 23.7. The van der Waals surface area contributed by atoms with E-state index in [1.165, 1.54) is 16.3 Å². The van der Waals surface area contributed by atoms with Crippen molar-refractivity contribution < 1.29 is 5.11 Å². The first-order valence-corrected chi connectivity index (χ1v) is 11.5. The fourth-order valence-corrected chi connectivity index (χ4v) is 4.32. The van der Waals surface area contributed by atoms with E-state index in [1.54, 1.807) is 30.5 Å². The third-order valence-electron chi connectivity index (χ3n) is 6.13. The Morgan fingerprint density at radius 2 is 1.79 bits per heavy atom. The number of phenols is 1. The Hall–Kier alpha value is -3.62. The van der Waals surface area contributed by atoms with Gasteiger partial charge in [0.2, 0.25) is 5.95 Å². The number of fused-ring (bicyclic) bond motifs is 1. The molecule has 0 saturated carbocycles. The number of phenolic OH excluding ortho intramolecular Hbond substituents is 1. The molecule has 9 heteroatoms. The number of nitrogens with zero attached hydrogens (tertiary/aromatic N) is 5. The van der Waals surface area contributed by atoms with Crippen LogP contribution < -0.4 is 15.8 Å². The summed E-state index contributed by atoms with van der Waals surface area (Å²) in [6.45, 7) is 4.22. The van der Waals surface area contributed by atoms with Crippen LogP contribution in [0.2, 0.25) is 5.02 Å². The van der Waals surface area contributed by atoms with Crippen molar-refractivity contribution >= 4 is 40.0 Å². The molecule has 2 aromatic heterocycles. The largest absolute Gasteiger partial charge is 0.508 e. The number of piperazine rings is 1. The van der Waals surface area contributed by atoms with Crippen molar-refractivity contribution in [3.05, 3.63) is 81.7 Å². The molecule has 0 radical (unpaired) electrons. The molecular weight excluding hydrogens is 452 g/mol. The summed E-state index contributed by atoms with van der Waals surface area (Å²) in [7, 11) is 2.14. The number of hydrogen-bond acceptors (Lipinski definition) is 7. The van der Waals surface area contributed by atoms with Crippen LogP contribution in [0.3, 0.4) is 0 Å². The van der Waals surface area contributed by atoms with Gasteiger partial charge in [0.05, 0.1) is 6.54 Å². The molecule has 5 rings (SSSR count). The number of anilines is 3. The Morgan fingerprint density at radius 3 is 2.53 bits per heavy atom. The van der Waals surface area contributed by atoms with Crippen molar-refractivity contribution in [2.45, 2.75) is 6.54 Å². The number of aromatic nitrogens is 3. The molecule has 1 aliphatic rings. The van der Waals surface area contributed by atoms with Crippen molar-refractivity contribution in [2.75, 3.05) is 43.4 Å². The topological polar surface area (TPSA) is 86.5 Å². The SMILES string of the molecule is CN1CCN(c2ccc(Nc3ncc4ccc(=O)n(Cc5c(O)cccc5Cl)c4n3)cc2)CC1. The molecule has 0 bridgehead atoms. The molecule has 0 atom stereocenters. The summed E-state index contributed by atoms with van der Waals surface area (Å²) in [6.07, 6.45) is 1.67. The highest BCUT2D eigenvalue weighted by molar-refractivity contribution is 6.31. The van der Waals surface area contributed by atoms with E-state index in [1.807, 2.05) is 12.1 Å². The third-order valence-corrected chi connectivity index (χ3v) is 6.48. The number of hydrogen-bond donors (Lipinski definition) is 2. The fraction of sp³-hybridized carbons (Fsp3) is 0.240. The average molecular weight is 477 g/mol. The van der Waals surface area contributed by atoms with Crippen LogP contribution in [0.15, 0.2) is 65.6 Å². The highest BCUT2D eigenvalue weighted by Gasteiger charge is 2.15. The summed E-state index contributed by atoms with van der Waals surface area (Å²) in [6, 6.07) is 16.2. The number of aromatic hydroxyl groups is 1. The van der Waals surface area contributed by atoms with Gasteiger partial charge in [-0.3, -0.25) is 9.36 Å². The lowest BCUT2D eigenvalue weighted by molar-refractivity contribution is 0.313. The minimum atomic E-state index is -0.243. The number of rotatable bonds is 5. The summed E-state index contributed by atoms with van der Waals surface area (Å²) in [5.41, 5.74) is 2.72. The van der Waals surface area contributed by atoms with Gasteiger partial charge in [-0.2, -0.15) is 4.98 Å². The van der Waals surface area contributed by atoms with Crippen LogP contribution in [0, 0.1) is 0 Å². The van der Waals surface area contributed by atoms with Crippen LogP contribution in [0.5, 0.6) is 5.75 Å². The van der Waals surface area contributed by atoms with Crippen LogP contribution >= 0.6 is 11.6 Å². The highest BCUT2D eigenvalue weighted by Crippen LogP contribution is 2.27. The predicted molar refractivity (Wildman–Crippen MR) is 135 cm³/mol. The smallest absolute Gasteiger partial charge is 0.252 e. The second kappa shape index (κ2) is 9.32. The summed E-state index contributed by atoms with van der Waals surface area (Å²) in [5.74, 6) is 0.409. The molecule has 0 aliphatic carbocycles. The fourth-order valence-electron chi connectivity index (χ4n) is 4.10. The van der Waals surface area contributed by atoms with Crippen molar-refractivity contribution in [1.82, 2.24) is 19.4 Å². The van der Waals surface area contributed by atoms with Crippen molar-refractivity contribution in [1.29, 1.82) is 0 Å². The van der Waals surface area contributed by atoms with Crippen LogP contribution in [0.1, 0.15) is 5.56 Å². The molecule has 34 heavy (non-hydrogen) atoms. The molecule has 2 aromatic carbocycles. The maximum absolute atomic E-state index is 12.7. The molecule has 0 amide bonds. The molecule has 4 aromatic rings. The molecule has 0 unspecified atom stereocenters. The maximum atomic E-state index is 12.7. The van der Waals surface area contributed by atoms with Gasteiger partial charge in [0.25, 0.3) is 5.56 Å². The lowest BCUT2D eigenvalue weighted by atomic mass is 10.2. The van der Waals surface area contributed by atoms with E-state index in [2.05, 4.69) is 44.3 Å². The van der Waals surface area contributed by atoms with Crippen LogP contribution in [-0.4, -0.2) is 57.8 Å². The third kappa shape index (κ3) is 4.55. The summed E-state index contributed by atoms with van der Waals surface area (Å²) >= 11 is 6.27. The van der Waals surface area contributed by atoms with Crippen molar-refractivity contribution in [3.63, 3.8) is 0 Å². The van der Waals surface area contributed by atoms with Crippen molar-refractivity contribution in [3.8, 4) is 5.75 Å². The van der Waals surface area contributed by atoms with Crippen LogP contribution in [-0.2, 0) is 6.54 Å². The van der Waals surface area contributed by atoms with Gasteiger partial charge in [-0.15, -0.1) is 0 Å². The maximum Gasteiger partial charge on any atom is 0.252 e. The first kappa shape index (κ1) is 22.2. The van der Waals surface area contributed by atoms with E-state index >= 15 is 0 Å². The normalized spacial score (nSPS) is 14.5. The molecular formula is C25H25ClN6O2. The minimum Gasteiger partial charge on any atom is -0.508 e. The summed E-state index contributed by atoms with van der Waals surface area (Å²) in [5, 5.41) is 14.6. The molecule has 174 valence electrons. The number of likely N-dealkylation sites (N-methyl/N-ethyl adjacent to an activating group) is 1. The number of nitrogens with one attached hydrogen (secondary N) is 1. The lowest BCUT2D eigenvalue weighted by Crippen LogP contribution is -2.44. The zero-order valence-corrected chi connectivity index (χ0v) is 19.5. The Labute approximate surface area is 202 Å². The summed E-state index contributed by atoms with van der Waals surface area (Å²) in [4.78, 5) is 26.4. The molecule has 1 aliphatic heterocycles. The Balaban J connectivity index is 1.41. The van der Waals surface area contributed by atoms with Gasteiger partial charge >= 0.3 is 0 Å². The van der Waals surface area contributed by atoms with Gasteiger partial charge in [-0.25, -0.2) is 4.98 Å². The van der Waals surface area contributed by atoms with E-state index in [0.29, 0.717) is 27.6 Å². The highest BCUT2D eigenvalue weighted by atomic mass is 35.5. The minimum absolute atomic E-state index is 0.0317. The van der Waals surface area contributed by atoms with E-state index in [-0.39, 0.29) is 17.9 Å².